The first kappa shape index (κ1) is 19.9. The molecular weight excluding hydrogens is 352 g/mol. The molecule has 0 radical (unpaired) electrons. The SMILES string of the molecule is Cc1cccc(OCC(=O)NCCC(=O)Oc2ccc([N+](=O)[O-])cc2)c1C. The van der Waals surface area contributed by atoms with Crippen LogP contribution in [0.5, 0.6) is 11.5 Å². The number of non-ortho nitro benzene ring substituents is 1. The van der Waals surface area contributed by atoms with E-state index < -0.39 is 10.9 Å². The fourth-order valence-electron chi connectivity index (χ4n) is 2.20. The topological polar surface area (TPSA) is 108 Å². The summed E-state index contributed by atoms with van der Waals surface area (Å²) in [5.74, 6) is -0.0587. The Balaban J connectivity index is 1.70. The molecule has 27 heavy (non-hydrogen) atoms. The summed E-state index contributed by atoms with van der Waals surface area (Å²) in [6.45, 7) is 3.82. The van der Waals surface area contributed by atoms with Gasteiger partial charge in [0.15, 0.2) is 6.61 Å². The first-order valence-corrected chi connectivity index (χ1v) is 8.27. The van der Waals surface area contributed by atoms with Crippen LogP contribution in [0.4, 0.5) is 5.69 Å². The highest BCUT2D eigenvalue weighted by Gasteiger charge is 2.10. The van der Waals surface area contributed by atoms with E-state index >= 15 is 0 Å². The maximum Gasteiger partial charge on any atom is 0.312 e. The van der Waals surface area contributed by atoms with Crippen LogP contribution in [-0.4, -0.2) is 30.0 Å². The molecule has 0 bridgehead atoms. The molecule has 2 aromatic rings. The number of hydrogen-bond acceptors (Lipinski definition) is 6. The van der Waals surface area contributed by atoms with Crippen LogP contribution in [0.2, 0.25) is 0 Å². The van der Waals surface area contributed by atoms with E-state index in [-0.39, 0.29) is 36.9 Å². The van der Waals surface area contributed by atoms with E-state index in [1.165, 1.54) is 24.3 Å². The van der Waals surface area contributed by atoms with Gasteiger partial charge in [-0.25, -0.2) is 0 Å². The number of carbonyl (C=O) groups is 2. The Morgan fingerprint density at radius 3 is 2.48 bits per heavy atom. The first-order valence-electron chi connectivity index (χ1n) is 8.27. The number of ether oxygens (including phenoxy) is 2. The third kappa shape index (κ3) is 6.10. The van der Waals surface area contributed by atoms with Gasteiger partial charge < -0.3 is 14.8 Å². The number of benzene rings is 2. The summed E-state index contributed by atoms with van der Waals surface area (Å²) in [5, 5.41) is 13.1. The van der Waals surface area contributed by atoms with Crippen molar-refractivity contribution in [2.75, 3.05) is 13.2 Å². The summed E-state index contributed by atoms with van der Waals surface area (Å²) in [5.41, 5.74) is 1.95. The normalized spacial score (nSPS) is 10.1. The van der Waals surface area contributed by atoms with Crippen molar-refractivity contribution < 1.29 is 24.0 Å². The van der Waals surface area contributed by atoms with E-state index in [0.717, 1.165) is 11.1 Å². The summed E-state index contributed by atoms with van der Waals surface area (Å²) in [4.78, 5) is 33.6. The number of nitrogens with zero attached hydrogens (tertiary/aromatic N) is 1. The van der Waals surface area contributed by atoms with Crippen LogP contribution < -0.4 is 14.8 Å². The molecule has 8 heteroatoms. The Bertz CT molecular complexity index is 833. The minimum absolute atomic E-state index is 0.0355. The molecule has 142 valence electrons. The van der Waals surface area contributed by atoms with Crippen molar-refractivity contribution in [3.05, 3.63) is 63.7 Å². The summed E-state index contributed by atoms with van der Waals surface area (Å²) in [7, 11) is 0. The Labute approximate surface area is 156 Å². The molecule has 0 unspecified atom stereocenters. The summed E-state index contributed by atoms with van der Waals surface area (Å²) < 4.78 is 10.5. The third-order valence-electron chi connectivity index (χ3n) is 3.84. The lowest BCUT2D eigenvalue weighted by Crippen LogP contribution is -2.31. The van der Waals surface area contributed by atoms with Gasteiger partial charge in [0, 0.05) is 18.7 Å². The van der Waals surface area contributed by atoms with Crippen molar-refractivity contribution in [1.82, 2.24) is 5.32 Å². The smallest absolute Gasteiger partial charge is 0.312 e. The Kier molecular flexibility index (Phi) is 6.87. The van der Waals surface area contributed by atoms with Crippen molar-refractivity contribution >= 4 is 17.6 Å². The number of nitro benzene ring substituents is 1. The molecule has 0 saturated carbocycles. The zero-order chi connectivity index (χ0) is 19.8. The number of hydrogen-bond donors (Lipinski definition) is 1. The summed E-state index contributed by atoms with van der Waals surface area (Å²) >= 11 is 0. The molecule has 0 aliphatic heterocycles. The van der Waals surface area contributed by atoms with Gasteiger partial charge in [-0.2, -0.15) is 0 Å². The van der Waals surface area contributed by atoms with E-state index in [9.17, 15) is 19.7 Å². The quantitative estimate of drug-likeness (QED) is 0.330. The van der Waals surface area contributed by atoms with E-state index in [1.807, 2.05) is 26.0 Å². The fourth-order valence-corrected chi connectivity index (χ4v) is 2.20. The lowest BCUT2D eigenvalue weighted by Gasteiger charge is -2.11. The second kappa shape index (κ2) is 9.33. The van der Waals surface area contributed by atoms with Crippen LogP contribution in [0.15, 0.2) is 42.5 Å². The van der Waals surface area contributed by atoms with Crippen LogP contribution >= 0.6 is 0 Å². The lowest BCUT2D eigenvalue weighted by atomic mass is 10.1. The minimum Gasteiger partial charge on any atom is -0.483 e. The number of rotatable bonds is 8. The Hall–Kier alpha value is -3.42. The van der Waals surface area contributed by atoms with Crippen molar-refractivity contribution in [3.63, 3.8) is 0 Å². The highest BCUT2D eigenvalue weighted by Crippen LogP contribution is 2.20. The van der Waals surface area contributed by atoms with Gasteiger partial charge in [-0.15, -0.1) is 0 Å². The molecule has 2 rings (SSSR count). The summed E-state index contributed by atoms with van der Waals surface area (Å²) in [6.07, 6.45) is -0.0355. The van der Waals surface area contributed by atoms with Gasteiger partial charge in [-0.05, 0) is 43.2 Å². The van der Waals surface area contributed by atoms with E-state index in [2.05, 4.69) is 5.32 Å². The molecule has 0 aromatic heterocycles. The summed E-state index contributed by atoms with van der Waals surface area (Å²) in [6, 6.07) is 10.8. The monoisotopic (exact) mass is 372 g/mol. The molecule has 1 amide bonds. The predicted molar refractivity (Wildman–Crippen MR) is 97.8 cm³/mol. The molecule has 0 aliphatic carbocycles. The van der Waals surface area contributed by atoms with Gasteiger partial charge in [-0.3, -0.25) is 19.7 Å². The number of aryl methyl sites for hydroxylation is 1. The standard InChI is InChI=1S/C19H20N2O6/c1-13-4-3-5-17(14(13)2)26-12-18(22)20-11-10-19(23)27-16-8-6-15(7-9-16)21(24)25/h3-9H,10-12H2,1-2H3,(H,20,22). The van der Waals surface area contributed by atoms with Gasteiger partial charge in [0.2, 0.25) is 0 Å². The molecule has 8 nitrogen and oxygen atoms in total. The number of esters is 1. The second-order valence-corrected chi connectivity index (χ2v) is 5.81. The highest BCUT2D eigenvalue weighted by molar-refractivity contribution is 5.78. The van der Waals surface area contributed by atoms with Crippen LogP contribution in [-0.2, 0) is 9.59 Å². The van der Waals surface area contributed by atoms with Gasteiger partial charge in [0.1, 0.15) is 11.5 Å². The largest absolute Gasteiger partial charge is 0.483 e. The number of carbonyl (C=O) groups excluding carboxylic acids is 2. The maximum absolute atomic E-state index is 11.8. The number of nitrogens with one attached hydrogen (secondary N) is 1. The van der Waals surface area contributed by atoms with Crippen LogP contribution in [0, 0.1) is 24.0 Å². The molecular formula is C19H20N2O6. The van der Waals surface area contributed by atoms with Gasteiger partial charge in [0.05, 0.1) is 11.3 Å². The average Bonchev–Trinajstić information content (AvgIpc) is 2.63. The molecule has 0 fully saturated rings. The zero-order valence-corrected chi connectivity index (χ0v) is 15.1. The minimum atomic E-state index is -0.556. The molecule has 1 N–H and O–H groups in total. The van der Waals surface area contributed by atoms with Crippen LogP contribution in [0.3, 0.4) is 0 Å². The molecule has 0 spiro atoms. The maximum atomic E-state index is 11.8. The van der Waals surface area contributed by atoms with E-state index in [4.69, 9.17) is 9.47 Å². The van der Waals surface area contributed by atoms with Crippen LogP contribution in [0.25, 0.3) is 0 Å². The average molecular weight is 372 g/mol. The molecule has 0 heterocycles. The second-order valence-electron chi connectivity index (χ2n) is 5.81. The van der Waals surface area contributed by atoms with Crippen molar-refractivity contribution in [2.24, 2.45) is 0 Å². The molecule has 2 aromatic carbocycles. The van der Waals surface area contributed by atoms with Gasteiger partial charge >= 0.3 is 5.97 Å². The number of amides is 1. The molecule has 0 aliphatic rings. The fraction of sp³-hybridized carbons (Fsp3) is 0.263. The molecule has 0 saturated heterocycles. The Morgan fingerprint density at radius 1 is 1.11 bits per heavy atom. The van der Waals surface area contributed by atoms with E-state index in [0.29, 0.717) is 5.75 Å². The van der Waals surface area contributed by atoms with Gasteiger partial charge in [0.25, 0.3) is 11.6 Å². The van der Waals surface area contributed by atoms with Gasteiger partial charge in [-0.1, -0.05) is 12.1 Å². The third-order valence-corrected chi connectivity index (χ3v) is 3.84. The zero-order valence-electron chi connectivity index (χ0n) is 15.1. The van der Waals surface area contributed by atoms with Crippen molar-refractivity contribution in [3.8, 4) is 11.5 Å². The van der Waals surface area contributed by atoms with Crippen LogP contribution in [0.1, 0.15) is 17.5 Å². The van der Waals surface area contributed by atoms with E-state index in [1.54, 1.807) is 6.07 Å². The highest BCUT2D eigenvalue weighted by atomic mass is 16.6. The molecule has 0 atom stereocenters. The number of nitro groups is 1. The predicted octanol–water partition coefficient (Wildman–Crippen LogP) is 2.70. The lowest BCUT2D eigenvalue weighted by molar-refractivity contribution is -0.384. The first-order chi connectivity index (χ1) is 12.9. The Morgan fingerprint density at radius 2 is 1.81 bits per heavy atom. The van der Waals surface area contributed by atoms with Crippen molar-refractivity contribution in [1.29, 1.82) is 0 Å². The van der Waals surface area contributed by atoms with Crippen molar-refractivity contribution in [2.45, 2.75) is 20.3 Å².